The lowest BCUT2D eigenvalue weighted by Crippen LogP contribution is -2.48. The molecular formula is C13H20N2O3. The lowest BCUT2D eigenvalue weighted by molar-refractivity contribution is 0.0916. The Kier molecular flexibility index (Phi) is 4.19. The summed E-state index contributed by atoms with van der Waals surface area (Å²) in [6.45, 7) is 4.43. The highest BCUT2D eigenvalue weighted by molar-refractivity contribution is 5.97. The second-order valence-corrected chi connectivity index (χ2v) is 5.06. The van der Waals surface area contributed by atoms with Crippen LogP contribution in [0.15, 0.2) is 18.2 Å². The molecule has 1 aromatic carbocycles. The van der Waals surface area contributed by atoms with Crippen molar-refractivity contribution in [1.29, 1.82) is 0 Å². The zero-order chi connectivity index (χ0) is 13.9. The lowest BCUT2D eigenvalue weighted by atomic mass is 10.0. The van der Waals surface area contributed by atoms with Gasteiger partial charge in [-0.3, -0.25) is 4.79 Å². The molecule has 18 heavy (non-hydrogen) atoms. The van der Waals surface area contributed by atoms with Crippen molar-refractivity contribution in [3.05, 3.63) is 23.8 Å². The van der Waals surface area contributed by atoms with Crippen LogP contribution in [0, 0.1) is 0 Å². The number of carbonyl (C=O) groups excluding carboxylic acids is 1. The summed E-state index contributed by atoms with van der Waals surface area (Å²) in [4.78, 5) is 13.9. The quantitative estimate of drug-likeness (QED) is 0.703. The predicted octanol–water partition coefficient (Wildman–Crippen LogP) is 1.17. The molecule has 5 nitrogen and oxygen atoms in total. The number of amides is 1. The van der Waals surface area contributed by atoms with E-state index in [1.54, 1.807) is 0 Å². The van der Waals surface area contributed by atoms with Crippen molar-refractivity contribution in [3.8, 4) is 11.5 Å². The van der Waals surface area contributed by atoms with Gasteiger partial charge in [0.25, 0.3) is 5.91 Å². The number of hydrogen-bond acceptors (Lipinski definition) is 4. The van der Waals surface area contributed by atoms with Crippen LogP contribution in [0.4, 0.5) is 0 Å². The Hall–Kier alpha value is -1.75. The maximum Gasteiger partial charge on any atom is 0.255 e. The second kappa shape index (κ2) is 5.27. The normalized spacial score (nSPS) is 11.6. The lowest BCUT2D eigenvalue weighted by Gasteiger charge is -2.32. The first-order chi connectivity index (χ1) is 8.25. The molecule has 0 radical (unpaired) electrons. The fourth-order valence-corrected chi connectivity index (χ4v) is 1.26. The van der Waals surface area contributed by atoms with Crippen molar-refractivity contribution in [2.45, 2.75) is 19.4 Å². The van der Waals surface area contributed by atoms with Gasteiger partial charge in [-0.25, -0.2) is 0 Å². The highest BCUT2D eigenvalue weighted by Gasteiger charge is 2.22. The molecule has 0 saturated heterocycles. The number of nitrogens with one attached hydrogen (secondary N) is 1. The molecule has 0 spiro atoms. The third-order valence-corrected chi connectivity index (χ3v) is 3.15. The van der Waals surface area contributed by atoms with Crippen LogP contribution in [0.2, 0.25) is 0 Å². The van der Waals surface area contributed by atoms with Crippen molar-refractivity contribution in [3.63, 3.8) is 0 Å². The smallest absolute Gasteiger partial charge is 0.255 e. The van der Waals surface area contributed by atoms with Crippen LogP contribution in [0.3, 0.4) is 0 Å². The van der Waals surface area contributed by atoms with Gasteiger partial charge >= 0.3 is 0 Å². The third-order valence-electron chi connectivity index (χ3n) is 3.15. The summed E-state index contributed by atoms with van der Waals surface area (Å²) in [6.07, 6.45) is 0. The van der Waals surface area contributed by atoms with Gasteiger partial charge in [0.1, 0.15) is 0 Å². The molecule has 0 unspecified atom stereocenters. The summed E-state index contributed by atoms with van der Waals surface area (Å²) in [5.74, 6) is -1.09. The van der Waals surface area contributed by atoms with Gasteiger partial charge in [0.2, 0.25) is 0 Å². The van der Waals surface area contributed by atoms with E-state index in [0.29, 0.717) is 6.54 Å². The molecule has 0 aliphatic rings. The van der Waals surface area contributed by atoms with E-state index >= 15 is 0 Å². The zero-order valence-corrected chi connectivity index (χ0v) is 11.2. The van der Waals surface area contributed by atoms with E-state index in [1.807, 2.05) is 32.8 Å². The molecule has 1 aromatic rings. The minimum atomic E-state index is -0.404. The van der Waals surface area contributed by atoms with E-state index in [-0.39, 0.29) is 16.9 Å². The van der Waals surface area contributed by atoms with Gasteiger partial charge in [0.15, 0.2) is 11.5 Å². The molecule has 3 N–H and O–H groups in total. The Labute approximate surface area is 107 Å². The maximum absolute atomic E-state index is 11.9. The van der Waals surface area contributed by atoms with Crippen LogP contribution >= 0.6 is 0 Å². The molecule has 100 valence electrons. The summed E-state index contributed by atoms with van der Waals surface area (Å²) in [7, 11) is 3.86. The fraction of sp³-hybridized carbons (Fsp3) is 0.462. The zero-order valence-electron chi connectivity index (χ0n) is 11.2. The monoisotopic (exact) mass is 252 g/mol. The van der Waals surface area contributed by atoms with Crippen molar-refractivity contribution < 1.29 is 15.0 Å². The minimum absolute atomic E-state index is 0.0737. The topological polar surface area (TPSA) is 72.8 Å². The highest BCUT2D eigenvalue weighted by Crippen LogP contribution is 2.27. The number of hydrogen-bond donors (Lipinski definition) is 3. The van der Waals surface area contributed by atoms with Gasteiger partial charge in [-0.2, -0.15) is 0 Å². The van der Waals surface area contributed by atoms with Gasteiger partial charge in [-0.1, -0.05) is 6.07 Å². The standard InChI is InChI=1S/C13H20N2O3/c1-13(2,15(3)4)8-14-12(18)9-6-5-7-10(16)11(9)17/h5-7,16-17H,8H2,1-4H3,(H,14,18). The molecule has 0 aromatic heterocycles. The van der Waals surface area contributed by atoms with E-state index in [4.69, 9.17) is 0 Å². The van der Waals surface area contributed by atoms with Crippen LogP contribution in [0.25, 0.3) is 0 Å². The van der Waals surface area contributed by atoms with Gasteiger partial charge in [-0.05, 0) is 40.1 Å². The molecule has 1 amide bonds. The maximum atomic E-state index is 11.9. The fourth-order valence-electron chi connectivity index (χ4n) is 1.26. The van der Waals surface area contributed by atoms with Crippen LogP contribution < -0.4 is 5.32 Å². The Morgan fingerprint density at radius 1 is 1.33 bits per heavy atom. The Morgan fingerprint density at radius 2 is 1.94 bits per heavy atom. The number of aromatic hydroxyl groups is 2. The van der Waals surface area contributed by atoms with Crippen LogP contribution in [-0.4, -0.2) is 47.2 Å². The first-order valence-corrected chi connectivity index (χ1v) is 5.72. The number of phenols is 2. The highest BCUT2D eigenvalue weighted by atomic mass is 16.3. The van der Waals surface area contributed by atoms with E-state index in [0.717, 1.165) is 0 Å². The van der Waals surface area contributed by atoms with E-state index < -0.39 is 11.7 Å². The molecule has 0 fully saturated rings. The summed E-state index contributed by atoms with van der Waals surface area (Å²) in [5.41, 5.74) is -0.119. The molecule has 0 saturated carbocycles. The molecule has 5 heteroatoms. The Morgan fingerprint density at radius 3 is 2.50 bits per heavy atom. The summed E-state index contributed by atoms with van der Waals surface area (Å²) in [5, 5.41) is 21.6. The number of likely N-dealkylation sites (N-methyl/N-ethyl adjacent to an activating group) is 1. The summed E-state index contributed by atoms with van der Waals surface area (Å²) < 4.78 is 0. The number of rotatable bonds is 4. The SMILES string of the molecule is CN(C)C(C)(C)CNC(=O)c1cccc(O)c1O. The molecule has 0 bridgehead atoms. The predicted molar refractivity (Wildman–Crippen MR) is 69.9 cm³/mol. The van der Waals surface area contributed by atoms with Crippen LogP contribution in [-0.2, 0) is 0 Å². The van der Waals surface area contributed by atoms with Crippen molar-refractivity contribution in [2.24, 2.45) is 0 Å². The molecule has 1 rings (SSSR count). The Balaban J connectivity index is 2.75. The van der Waals surface area contributed by atoms with Crippen LogP contribution in [0.5, 0.6) is 11.5 Å². The van der Waals surface area contributed by atoms with E-state index in [9.17, 15) is 15.0 Å². The number of phenolic OH excluding ortho intramolecular Hbond substituents is 2. The minimum Gasteiger partial charge on any atom is -0.504 e. The average Bonchev–Trinajstić information content (AvgIpc) is 2.29. The number of benzene rings is 1. The molecule has 0 aliphatic heterocycles. The Bertz CT molecular complexity index is 442. The first kappa shape index (κ1) is 14.3. The van der Waals surface area contributed by atoms with Gasteiger partial charge in [0.05, 0.1) is 5.56 Å². The molecular weight excluding hydrogens is 232 g/mol. The first-order valence-electron chi connectivity index (χ1n) is 5.72. The van der Waals surface area contributed by atoms with Gasteiger partial charge in [0, 0.05) is 12.1 Å². The van der Waals surface area contributed by atoms with Crippen molar-refractivity contribution in [2.75, 3.05) is 20.6 Å². The second-order valence-electron chi connectivity index (χ2n) is 5.06. The third kappa shape index (κ3) is 3.13. The van der Waals surface area contributed by atoms with Crippen LogP contribution in [0.1, 0.15) is 24.2 Å². The average molecular weight is 252 g/mol. The van der Waals surface area contributed by atoms with E-state index in [1.165, 1.54) is 18.2 Å². The van der Waals surface area contributed by atoms with Gasteiger partial charge in [-0.15, -0.1) is 0 Å². The summed E-state index contributed by atoms with van der Waals surface area (Å²) in [6, 6.07) is 4.31. The van der Waals surface area contributed by atoms with Crippen molar-refractivity contribution in [1.82, 2.24) is 10.2 Å². The molecule has 0 aliphatic carbocycles. The molecule has 0 heterocycles. The number of para-hydroxylation sites is 1. The van der Waals surface area contributed by atoms with E-state index in [2.05, 4.69) is 5.32 Å². The largest absolute Gasteiger partial charge is 0.504 e. The summed E-state index contributed by atoms with van der Waals surface area (Å²) >= 11 is 0. The number of nitrogens with zero attached hydrogens (tertiary/aromatic N) is 1. The molecule has 0 atom stereocenters. The van der Waals surface area contributed by atoms with Gasteiger partial charge < -0.3 is 20.4 Å². The van der Waals surface area contributed by atoms with Crippen molar-refractivity contribution >= 4 is 5.91 Å². The number of carbonyl (C=O) groups is 1.